The predicted molar refractivity (Wildman–Crippen MR) is 188 cm³/mol. The van der Waals surface area contributed by atoms with Crippen molar-refractivity contribution in [1.29, 1.82) is 0 Å². The number of halogens is 1. The Morgan fingerprint density at radius 3 is 2.56 bits per heavy atom. The highest BCUT2D eigenvalue weighted by Crippen LogP contribution is 2.30. The standard InChI is InChI=1S/C36H35ClN8O5/c1-3-43-13-15-44(16-14-43)33(47)26-19-25(9-10-28(26)37)40-31(46)18-23-6-4-5-22(17-23)7-8-24-21-39-35(38)41-32(24)30-20-27-29(42(30)2)11-12-45(34(27)48)36(49)50/h4-6,9-10,17,19-21H,3,11-16,18H2,1-2H3,(H,40,46)(H,49,50)(H2,38,39,41). The molecule has 2 aromatic heterocycles. The van der Waals surface area contributed by atoms with E-state index in [-0.39, 0.29) is 36.3 Å². The van der Waals surface area contributed by atoms with Gasteiger partial charge in [0, 0.05) is 69.3 Å². The second kappa shape index (κ2) is 14.4. The Morgan fingerprint density at radius 1 is 1.04 bits per heavy atom. The number of nitrogens with two attached hydrogens (primary N) is 1. The molecule has 50 heavy (non-hydrogen) atoms. The molecule has 2 aromatic carbocycles. The van der Waals surface area contributed by atoms with Crippen molar-refractivity contribution in [2.75, 3.05) is 50.3 Å². The third-order valence-electron chi connectivity index (χ3n) is 8.91. The first-order valence-corrected chi connectivity index (χ1v) is 16.5. The topological polar surface area (TPSA) is 167 Å². The Labute approximate surface area is 293 Å². The predicted octanol–water partition coefficient (Wildman–Crippen LogP) is 3.75. The molecular formula is C36H35ClN8O5. The molecule has 14 heteroatoms. The molecule has 0 spiro atoms. The minimum absolute atomic E-state index is 0.0169. The number of hydrogen-bond donors (Lipinski definition) is 3. The Bertz CT molecular complexity index is 2080. The summed E-state index contributed by atoms with van der Waals surface area (Å²) in [5.41, 5.74) is 10.5. The van der Waals surface area contributed by atoms with Crippen LogP contribution in [0.1, 0.15) is 50.0 Å². The van der Waals surface area contributed by atoms with Crippen LogP contribution in [0.4, 0.5) is 16.4 Å². The highest BCUT2D eigenvalue weighted by molar-refractivity contribution is 6.34. The number of carboxylic acid groups (broad SMARTS) is 1. The summed E-state index contributed by atoms with van der Waals surface area (Å²) in [6, 6.07) is 13.7. The van der Waals surface area contributed by atoms with Gasteiger partial charge in [-0.2, -0.15) is 0 Å². The molecule has 6 rings (SSSR count). The van der Waals surface area contributed by atoms with E-state index < -0.39 is 12.0 Å². The number of nitrogen functional groups attached to an aromatic ring is 1. The number of likely N-dealkylation sites (N-methyl/N-ethyl adjacent to an activating group) is 1. The average molecular weight is 695 g/mol. The van der Waals surface area contributed by atoms with Crippen molar-refractivity contribution in [3.63, 3.8) is 0 Å². The zero-order valence-corrected chi connectivity index (χ0v) is 28.3. The van der Waals surface area contributed by atoms with Crippen molar-refractivity contribution in [3.05, 3.63) is 93.3 Å². The molecule has 0 atom stereocenters. The maximum absolute atomic E-state index is 13.2. The number of piperazine rings is 1. The fourth-order valence-corrected chi connectivity index (χ4v) is 6.38. The van der Waals surface area contributed by atoms with Gasteiger partial charge in [0.2, 0.25) is 11.9 Å². The maximum Gasteiger partial charge on any atom is 0.414 e. The number of anilines is 2. The lowest BCUT2D eigenvalue weighted by Crippen LogP contribution is -2.48. The van der Waals surface area contributed by atoms with Crippen molar-refractivity contribution in [2.24, 2.45) is 7.05 Å². The van der Waals surface area contributed by atoms with Crippen molar-refractivity contribution in [2.45, 2.75) is 19.8 Å². The van der Waals surface area contributed by atoms with E-state index in [4.69, 9.17) is 17.3 Å². The third kappa shape index (κ3) is 7.17. The normalized spacial score (nSPS) is 14.5. The number of nitrogens with one attached hydrogen (secondary N) is 1. The van der Waals surface area contributed by atoms with Gasteiger partial charge in [0.1, 0.15) is 5.69 Å². The monoisotopic (exact) mass is 694 g/mol. The second-order valence-corrected chi connectivity index (χ2v) is 12.4. The number of imide groups is 1. The van der Waals surface area contributed by atoms with Gasteiger partial charge < -0.3 is 30.5 Å². The second-order valence-electron chi connectivity index (χ2n) is 12.0. The molecule has 0 bridgehead atoms. The summed E-state index contributed by atoms with van der Waals surface area (Å²) in [5, 5.41) is 12.6. The number of carbonyl (C=O) groups is 4. The molecule has 4 aromatic rings. The van der Waals surface area contributed by atoms with E-state index in [0.717, 1.165) is 30.1 Å². The van der Waals surface area contributed by atoms with Crippen LogP contribution in [0, 0.1) is 11.8 Å². The average Bonchev–Trinajstić information content (AvgIpc) is 3.45. The highest BCUT2D eigenvalue weighted by Gasteiger charge is 2.32. The van der Waals surface area contributed by atoms with Gasteiger partial charge >= 0.3 is 6.09 Å². The van der Waals surface area contributed by atoms with E-state index in [0.29, 0.717) is 64.0 Å². The molecule has 0 unspecified atom stereocenters. The van der Waals surface area contributed by atoms with Crippen LogP contribution in [-0.2, 0) is 24.7 Å². The summed E-state index contributed by atoms with van der Waals surface area (Å²) in [6.07, 6.45) is 0.619. The third-order valence-corrected chi connectivity index (χ3v) is 9.24. The number of nitrogens with zero attached hydrogens (tertiary/aromatic N) is 6. The number of carbonyl (C=O) groups excluding carboxylic acids is 3. The van der Waals surface area contributed by atoms with Crippen LogP contribution < -0.4 is 11.1 Å². The van der Waals surface area contributed by atoms with Crippen LogP contribution in [0.2, 0.25) is 5.02 Å². The number of rotatable bonds is 6. The number of amides is 4. The fourth-order valence-electron chi connectivity index (χ4n) is 6.18. The van der Waals surface area contributed by atoms with Crippen molar-refractivity contribution in [3.8, 4) is 23.2 Å². The Kier molecular flexibility index (Phi) is 9.85. The number of fused-ring (bicyclic) bond motifs is 1. The zero-order valence-electron chi connectivity index (χ0n) is 27.6. The van der Waals surface area contributed by atoms with Crippen LogP contribution >= 0.6 is 11.6 Å². The van der Waals surface area contributed by atoms with E-state index in [1.165, 1.54) is 6.20 Å². The fraction of sp³-hybridized carbons (Fsp3) is 0.278. The molecule has 1 fully saturated rings. The molecule has 2 aliphatic heterocycles. The SMILES string of the molecule is CCN1CCN(C(=O)c2cc(NC(=O)Cc3cccc(C#Cc4cnc(N)nc4-c4cc5c(n4C)CCN(C(=O)O)C5=O)c3)ccc2Cl)CC1. The molecule has 0 aliphatic carbocycles. The molecular weight excluding hydrogens is 660 g/mol. The zero-order chi connectivity index (χ0) is 35.5. The van der Waals surface area contributed by atoms with Crippen LogP contribution in [0.15, 0.2) is 54.7 Å². The van der Waals surface area contributed by atoms with Crippen molar-refractivity contribution in [1.82, 2.24) is 29.2 Å². The maximum atomic E-state index is 13.2. The Morgan fingerprint density at radius 2 is 1.82 bits per heavy atom. The van der Waals surface area contributed by atoms with Gasteiger partial charge in [0.05, 0.1) is 33.8 Å². The van der Waals surface area contributed by atoms with Crippen LogP contribution in [0.25, 0.3) is 11.4 Å². The lowest BCUT2D eigenvalue weighted by molar-refractivity contribution is -0.115. The van der Waals surface area contributed by atoms with E-state index in [9.17, 15) is 24.3 Å². The number of hydrogen-bond acceptors (Lipinski definition) is 8. The van der Waals surface area contributed by atoms with Gasteiger partial charge in [-0.1, -0.05) is 42.5 Å². The van der Waals surface area contributed by atoms with Crippen molar-refractivity contribution < 1.29 is 24.3 Å². The molecule has 4 amide bonds. The van der Waals surface area contributed by atoms with Crippen molar-refractivity contribution >= 4 is 47.1 Å². The summed E-state index contributed by atoms with van der Waals surface area (Å²) in [6.45, 7) is 5.95. The van der Waals surface area contributed by atoms with Gasteiger partial charge in [-0.15, -0.1) is 0 Å². The summed E-state index contributed by atoms with van der Waals surface area (Å²) in [5.74, 6) is 5.19. The van der Waals surface area contributed by atoms with E-state index in [1.807, 2.05) is 12.1 Å². The van der Waals surface area contributed by atoms with Gasteiger partial charge in [0.15, 0.2) is 0 Å². The first-order chi connectivity index (χ1) is 24.0. The van der Waals surface area contributed by atoms with E-state index >= 15 is 0 Å². The van der Waals surface area contributed by atoms with Gasteiger partial charge in [-0.25, -0.2) is 19.7 Å². The van der Waals surface area contributed by atoms with Gasteiger partial charge in [0.25, 0.3) is 11.8 Å². The summed E-state index contributed by atoms with van der Waals surface area (Å²) in [4.78, 5) is 64.1. The van der Waals surface area contributed by atoms with Gasteiger partial charge in [-0.3, -0.25) is 14.4 Å². The van der Waals surface area contributed by atoms with Gasteiger partial charge in [-0.05, 0) is 48.5 Å². The minimum Gasteiger partial charge on any atom is -0.465 e. The smallest absolute Gasteiger partial charge is 0.414 e. The number of aromatic nitrogens is 3. The van der Waals surface area contributed by atoms with Crippen LogP contribution in [0.5, 0.6) is 0 Å². The molecule has 256 valence electrons. The quantitative estimate of drug-likeness (QED) is 0.255. The Balaban J connectivity index is 1.17. The molecule has 0 saturated carbocycles. The Hall–Kier alpha value is -5.71. The van der Waals surface area contributed by atoms with E-state index in [1.54, 1.807) is 52.9 Å². The molecule has 4 heterocycles. The van der Waals surface area contributed by atoms with Crippen LogP contribution in [0.3, 0.4) is 0 Å². The molecule has 4 N–H and O–H groups in total. The van der Waals surface area contributed by atoms with E-state index in [2.05, 4.69) is 38.9 Å². The lowest BCUT2D eigenvalue weighted by atomic mass is 10.1. The lowest BCUT2D eigenvalue weighted by Gasteiger charge is -2.34. The first-order valence-electron chi connectivity index (χ1n) is 16.1. The summed E-state index contributed by atoms with van der Waals surface area (Å²) < 4.78 is 1.80. The highest BCUT2D eigenvalue weighted by atomic mass is 35.5. The molecule has 0 radical (unpaired) electrons. The largest absolute Gasteiger partial charge is 0.465 e. The first kappa shape index (κ1) is 34.2. The van der Waals surface area contributed by atoms with Crippen LogP contribution in [-0.4, -0.2) is 97.4 Å². The number of benzene rings is 2. The summed E-state index contributed by atoms with van der Waals surface area (Å²) >= 11 is 6.40. The molecule has 2 aliphatic rings. The summed E-state index contributed by atoms with van der Waals surface area (Å²) in [7, 11) is 1.78. The molecule has 13 nitrogen and oxygen atoms in total. The molecule has 1 saturated heterocycles. The minimum atomic E-state index is -1.30.